The summed E-state index contributed by atoms with van der Waals surface area (Å²) in [5.41, 5.74) is 0.819. The number of morpholine rings is 1. The molecule has 21 heavy (non-hydrogen) atoms. The van der Waals surface area contributed by atoms with Gasteiger partial charge in [-0.05, 0) is 24.3 Å². The summed E-state index contributed by atoms with van der Waals surface area (Å²) in [7, 11) is -3.22. The molecule has 1 aromatic carbocycles. The molecule has 1 heterocycles. The number of hydrogen-bond donors (Lipinski definition) is 1. The molecule has 1 unspecified atom stereocenters. The molecule has 2 rings (SSSR count). The Morgan fingerprint density at radius 3 is 2.62 bits per heavy atom. The molecule has 116 valence electrons. The number of carbonyl (C=O) groups is 1. The predicted octanol–water partition coefficient (Wildman–Crippen LogP) is 1.16. The van der Waals surface area contributed by atoms with Crippen molar-refractivity contribution in [2.75, 3.05) is 30.4 Å². The van der Waals surface area contributed by atoms with Gasteiger partial charge in [0.2, 0.25) is 0 Å². The van der Waals surface area contributed by atoms with Crippen LogP contribution in [0.25, 0.3) is 0 Å². The van der Waals surface area contributed by atoms with Crippen molar-refractivity contribution in [1.82, 2.24) is 0 Å². The van der Waals surface area contributed by atoms with Crippen LogP contribution in [0.15, 0.2) is 29.2 Å². The SMILES string of the molecule is CCS(=O)(=O)c1ccc(N2CCOCC2CC(=O)O)cc1. The van der Waals surface area contributed by atoms with E-state index in [0.717, 1.165) is 5.69 Å². The van der Waals surface area contributed by atoms with E-state index in [0.29, 0.717) is 19.8 Å². The molecule has 1 atom stereocenters. The zero-order valence-electron chi connectivity index (χ0n) is 11.9. The number of hydrogen-bond acceptors (Lipinski definition) is 5. The van der Waals surface area contributed by atoms with Gasteiger partial charge >= 0.3 is 5.97 Å². The van der Waals surface area contributed by atoms with Crippen molar-refractivity contribution >= 4 is 21.5 Å². The molecule has 1 saturated heterocycles. The Kier molecular flexibility index (Phi) is 4.84. The number of rotatable bonds is 5. The molecule has 1 aromatic rings. The Morgan fingerprint density at radius 2 is 2.05 bits per heavy atom. The van der Waals surface area contributed by atoms with Gasteiger partial charge in [0.05, 0.1) is 36.3 Å². The second-order valence-corrected chi connectivity index (χ2v) is 7.20. The van der Waals surface area contributed by atoms with E-state index in [1.165, 1.54) is 0 Å². The molecule has 0 radical (unpaired) electrons. The maximum Gasteiger partial charge on any atom is 0.305 e. The van der Waals surface area contributed by atoms with Gasteiger partial charge in [-0.3, -0.25) is 4.79 Å². The zero-order chi connectivity index (χ0) is 15.5. The Balaban J connectivity index is 2.21. The number of benzene rings is 1. The van der Waals surface area contributed by atoms with Crippen molar-refractivity contribution in [3.05, 3.63) is 24.3 Å². The third kappa shape index (κ3) is 3.74. The molecular weight excluding hydrogens is 294 g/mol. The molecule has 7 heteroatoms. The van der Waals surface area contributed by atoms with Crippen LogP contribution in [0.4, 0.5) is 5.69 Å². The fourth-order valence-electron chi connectivity index (χ4n) is 2.38. The van der Waals surface area contributed by atoms with Gasteiger partial charge in [0, 0.05) is 12.2 Å². The fourth-order valence-corrected chi connectivity index (χ4v) is 3.26. The standard InChI is InChI=1S/C14H19NO5S/c1-2-21(18,19)13-5-3-11(4-6-13)15-7-8-20-10-12(15)9-14(16)17/h3-6,12H,2,7-10H2,1H3,(H,16,17). The number of carboxylic acids is 1. The maximum atomic E-state index is 11.8. The number of anilines is 1. The summed E-state index contributed by atoms with van der Waals surface area (Å²) in [5, 5.41) is 8.95. The number of ether oxygens (including phenoxy) is 1. The van der Waals surface area contributed by atoms with Crippen molar-refractivity contribution in [2.24, 2.45) is 0 Å². The highest BCUT2D eigenvalue weighted by molar-refractivity contribution is 7.91. The van der Waals surface area contributed by atoms with Gasteiger partial charge in [0.1, 0.15) is 0 Å². The highest BCUT2D eigenvalue weighted by Crippen LogP contribution is 2.23. The Hall–Kier alpha value is -1.60. The summed E-state index contributed by atoms with van der Waals surface area (Å²) < 4.78 is 28.9. The first-order chi connectivity index (χ1) is 9.94. The lowest BCUT2D eigenvalue weighted by molar-refractivity contribution is -0.138. The van der Waals surface area contributed by atoms with Gasteiger partial charge < -0.3 is 14.7 Å². The van der Waals surface area contributed by atoms with Crippen molar-refractivity contribution in [2.45, 2.75) is 24.3 Å². The average Bonchev–Trinajstić information content (AvgIpc) is 2.47. The van der Waals surface area contributed by atoms with Crippen molar-refractivity contribution in [3.8, 4) is 0 Å². The maximum absolute atomic E-state index is 11.8. The van der Waals surface area contributed by atoms with Crippen molar-refractivity contribution in [3.63, 3.8) is 0 Å². The molecule has 1 aliphatic heterocycles. The lowest BCUT2D eigenvalue weighted by atomic mass is 10.1. The molecule has 6 nitrogen and oxygen atoms in total. The normalized spacial score (nSPS) is 19.5. The van der Waals surface area contributed by atoms with Crippen LogP contribution in [0.3, 0.4) is 0 Å². The highest BCUT2D eigenvalue weighted by atomic mass is 32.2. The first kappa shape index (κ1) is 15.8. The van der Waals surface area contributed by atoms with Crippen LogP contribution in [-0.4, -0.2) is 51.0 Å². The van der Waals surface area contributed by atoms with Gasteiger partial charge in [0.25, 0.3) is 0 Å². The van der Waals surface area contributed by atoms with Gasteiger partial charge in [-0.15, -0.1) is 0 Å². The number of aliphatic carboxylic acids is 1. The van der Waals surface area contributed by atoms with E-state index in [1.807, 2.05) is 4.90 Å². The van der Waals surface area contributed by atoms with E-state index < -0.39 is 15.8 Å². The first-order valence-electron chi connectivity index (χ1n) is 6.83. The average molecular weight is 313 g/mol. The molecule has 0 saturated carbocycles. The third-order valence-corrected chi connectivity index (χ3v) is 5.30. The predicted molar refractivity (Wildman–Crippen MR) is 78.4 cm³/mol. The number of carboxylic acid groups (broad SMARTS) is 1. The smallest absolute Gasteiger partial charge is 0.305 e. The van der Waals surface area contributed by atoms with Crippen LogP contribution in [-0.2, 0) is 19.4 Å². The van der Waals surface area contributed by atoms with Gasteiger partial charge in [-0.1, -0.05) is 6.92 Å². The Bertz CT molecular complexity index is 596. The van der Waals surface area contributed by atoms with E-state index in [2.05, 4.69) is 0 Å². The van der Waals surface area contributed by atoms with Crippen LogP contribution in [0.2, 0.25) is 0 Å². The Labute approximate surface area is 124 Å². The van der Waals surface area contributed by atoms with E-state index in [-0.39, 0.29) is 23.1 Å². The minimum Gasteiger partial charge on any atom is -0.481 e. The third-order valence-electron chi connectivity index (χ3n) is 3.55. The second kappa shape index (κ2) is 6.44. The summed E-state index contributed by atoms with van der Waals surface area (Å²) in [4.78, 5) is 13.2. The van der Waals surface area contributed by atoms with Crippen molar-refractivity contribution in [1.29, 1.82) is 0 Å². The monoisotopic (exact) mass is 313 g/mol. The quantitative estimate of drug-likeness (QED) is 0.878. The number of sulfone groups is 1. The molecule has 1 N–H and O–H groups in total. The highest BCUT2D eigenvalue weighted by Gasteiger charge is 2.25. The zero-order valence-corrected chi connectivity index (χ0v) is 12.7. The lowest BCUT2D eigenvalue weighted by Gasteiger charge is -2.36. The minimum atomic E-state index is -3.22. The van der Waals surface area contributed by atoms with Crippen LogP contribution in [0, 0.1) is 0 Å². The van der Waals surface area contributed by atoms with Crippen LogP contribution in [0.5, 0.6) is 0 Å². The topological polar surface area (TPSA) is 83.9 Å². The molecule has 0 aromatic heterocycles. The van der Waals surface area contributed by atoms with Gasteiger partial charge in [-0.25, -0.2) is 8.42 Å². The van der Waals surface area contributed by atoms with E-state index in [9.17, 15) is 13.2 Å². The summed E-state index contributed by atoms with van der Waals surface area (Å²) >= 11 is 0. The van der Waals surface area contributed by atoms with Crippen LogP contribution < -0.4 is 4.90 Å². The van der Waals surface area contributed by atoms with Crippen LogP contribution >= 0.6 is 0 Å². The van der Waals surface area contributed by atoms with Crippen molar-refractivity contribution < 1.29 is 23.1 Å². The summed E-state index contributed by atoms with van der Waals surface area (Å²) in [6, 6.07) is 6.36. The molecule has 1 aliphatic rings. The van der Waals surface area contributed by atoms with Crippen LogP contribution in [0.1, 0.15) is 13.3 Å². The molecular formula is C14H19NO5S. The van der Waals surface area contributed by atoms with E-state index in [1.54, 1.807) is 31.2 Å². The largest absolute Gasteiger partial charge is 0.481 e. The summed E-state index contributed by atoms with van der Waals surface area (Å²) in [6.07, 6.45) is -0.00495. The second-order valence-electron chi connectivity index (χ2n) is 4.92. The number of nitrogens with zero attached hydrogens (tertiary/aromatic N) is 1. The lowest BCUT2D eigenvalue weighted by Crippen LogP contribution is -2.46. The Morgan fingerprint density at radius 1 is 1.38 bits per heavy atom. The van der Waals surface area contributed by atoms with Gasteiger partial charge in [0.15, 0.2) is 9.84 Å². The minimum absolute atomic E-state index is 0.00495. The molecule has 0 aliphatic carbocycles. The van der Waals surface area contributed by atoms with E-state index >= 15 is 0 Å². The molecule has 1 fully saturated rings. The fraction of sp³-hybridized carbons (Fsp3) is 0.500. The summed E-state index contributed by atoms with van der Waals surface area (Å²) in [5.74, 6) is -0.813. The van der Waals surface area contributed by atoms with Gasteiger partial charge in [-0.2, -0.15) is 0 Å². The first-order valence-corrected chi connectivity index (χ1v) is 8.48. The molecule has 0 amide bonds. The molecule has 0 bridgehead atoms. The summed E-state index contributed by atoms with van der Waals surface area (Å²) in [6.45, 7) is 3.10. The molecule has 0 spiro atoms. The van der Waals surface area contributed by atoms with E-state index in [4.69, 9.17) is 9.84 Å².